The summed E-state index contributed by atoms with van der Waals surface area (Å²) in [5.74, 6) is -0.973. The molecule has 1 atom stereocenters. The SMILES string of the molecule is CCOC(=O)C(C)(C#N)CC(S(=O)(=O)c1ccccc1)S(=O)(=O)c1ccccc1. The molecule has 2 rings (SSSR count). The zero-order valence-corrected chi connectivity index (χ0v) is 17.6. The number of carbonyl (C=O) groups is 1. The number of nitriles is 1. The molecule has 0 saturated heterocycles. The molecular weight excluding hydrogens is 414 g/mol. The Hall–Kier alpha value is -2.70. The molecule has 0 spiro atoms. The molecule has 0 radical (unpaired) electrons. The van der Waals surface area contributed by atoms with Crippen molar-refractivity contribution in [1.29, 1.82) is 5.26 Å². The molecule has 2 aromatic rings. The quantitative estimate of drug-likeness (QED) is 0.585. The van der Waals surface area contributed by atoms with E-state index in [1.54, 1.807) is 18.2 Å². The van der Waals surface area contributed by atoms with Crippen molar-refractivity contribution >= 4 is 25.6 Å². The Morgan fingerprint density at radius 2 is 1.38 bits per heavy atom. The van der Waals surface area contributed by atoms with Crippen LogP contribution in [-0.4, -0.2) is 34.0 Å². The minimum absolute atomic E-state index is 0.0301. The summed E-state index contributed by atoms with van der Waals surface area (Å²) in [6.45, 7) is 2.69. The number of hydrogen-bond acceptors (Lipinski definition) is 7. The highest BCUT2D eigenvalue weighted by Crippen LogP contribution is 2.35. The lowest BCUT2D eigenvalue weighted by atomic mass is 9.89. The van der Waals surface area contributed by atoms with Gasteiger partial charge < -0.3 is 4.74 Å². The van der Waals surface area contributed by atoms with E-state index in [1.807, 2.05) is 0 Å². The largest absolute Gasteiger partial charge is 0.465 e. The van der Waals surface area contributed by atoms with Gasteiger partial charge in [-0.2, -0.15) is 5.26 Å². The molecule has 29 heavy (non-hydrogen) atoms. The molecule has 0 aliphatic carbocycles. The number of ether oxygens (including phenoxy) is 1. The van der Waals surface area contributed by atoms with Crippen molar-refractivity contribution in [3.8, 4) is 6.07 Å². The van der Waals surface area contributed by atoms with Crippen molar-refractivity contribution in [1.82, 2.24) is 0 Å². The summed E-state index contributed by atoms with van der Waals surface area (Å²) < 4.78 is 56.0. The van der Waals surface area contributed by atoms with Crippen LogP contribution in [-0.2, 0) is 29.2 Å². The van der Waals surface area contributed by atoms with E-state index in [9.17, 15) is 26.9 Å². The molecule has 7 nitrogen and oxygen atoms in total. The Labute approximate surface area is 170 Å². The first-order valence-corrected chi connectivity index (χ1v) is 11.8. The lowest BCUT2D eigenvalue weighted by molar-refractivity contribution is -0.151. The zero-order valence-electron chi connectivity index (χ0n) is 16.0. The third-order valence-electron chi connectivity index (χ3n) is 4.38. The van der Waals surface area contributed by atoms with E-state index in [2.05, 4.69) is 0 Å². The Kier molecular flexibility index (Phi) is 6.82. The lowest BCUT2D eigenvalue weighted by Gasteiger charge is -2.25. The summed E-state index contributed by atoms with van der Waals surface area (Å²) in [6, 6.07) is 15.9. The van der Waals surface area contributed by atoms with E-state index in [0.29, 0.717) is 0 Å². The Morgan fingerprint density at radius 1 is 0.966 bits per heavy atom. The number of hydrogen-bond donors (Lipinski definition) is 0. The van der Waals surface area contributed by atoms with Gasteiger partial charge in [0.2, 0.25) is 0 Å². The number of esters is 1. The van der Waals surface area contributed by atoms with Crippen LogP contribution in [0.2, 0.25) is 0 Å². The number of carbonyl (C=O) groups excluding carboxylic acids is 1. The topological polar surface area (TPSA) is 118 Å². The summed E-state index contributed by atoms with van der Waals surface area (Å²) in [7, 11) is -8.89. The molecule has 0 N–H and O–H groups in total. The second kappa shape index (κ2) is 8.76. The fourth-order valence-electron chi connectivity index (χ4n) is 2.71. The summed E-state index contributed by atoms with van der Waals surface area (Å²) in [6.07, 6.45) is -0.767. The zero-order chi connectivity index (χ0) is 21.7. The van der Waals surface area contributed by atoms with E-state index in [0.717, 1.165) is 0 Å². The highest BCUT2D eigenvalue weighted by molar-refractivity contribution is 8.09. The molecule has 0 aromatic heterocycles. The number of nitrogens with zero attached hydrogens (tertiary/aromatic N) is 1. The van der Waals surface area contributed by atoms with Crippen LogP contribution >= 0.6 is 0 Å². The maximum Gasteiger partial charge on any atom is 0.326 e. The molecule has 0 heterocycles. The van der Waals surface area contributed by atoms with Crippen LogP contribution in [0.3, 0.4) is 0 Å². The van der Waals surface area contributed by atoms with Gasteiger partial charge in [-0.25, -0.2) is 16.8 Å². The van der Waals surface area contributed by atoms with Gasteiger partial charge in [0.15, 0.2) is 29.7 Å². The Morgan fingerprint density at radius 3 is 1.72 bits per heavy atom. The Balaban J connectivity index is 2.67. The van der Waals surface area contributed by atoms with Crippen LogP contribution in [0, 0.1) is 16.7 Å². The van der Waals surface area contributed by atoms with Crippen LogP contribution in [0.1, 0.15) is 20.3 Å². The van der Waals surface area contributed by atoms with E-state index >= 15 is 0 Å². The van der Waals surface area contributed by atoms with Gasteiger partial charge in [0.05, 0.1) is 22.5 Å². The van der Waals surface area contributed by atoms with Crippen LogP contribution in [0.4, 0.5) is 0 Å². The highest BCUT2D eigenvalue weighted by Gasteiger charge is 2.48. The van der Waals surface area contributed by atoms with Gasteiger partial charge in [-0.1, -0.05) is 36.4 Å². The molecule has 9 heteroatoms. The fraction of sp³-hybridized carbons (Fsp3) is 0.300. The standard InChI is InChI=1S/C20H21NO6S2/c1-3-27-19(22)20(2,15-21)14-18(28(23,24)16-10-6-4-7-11-16)29(25,26)17-12-8-5-9-13-17/h4-13,18H,3,14H2,1-2H3. The van der Waals surface area contributed by atoms with Gasteiger partial charge >= 0.3 is 5.97 Å². The van der Waals surface area contributed by atoms with E-state index in [4.69, 9.17) is 4.74 Å². The molecule has 154 valence electrons. The van der Waals surface area contributed by atoms with Crippen molar-refractivity contribution in [3.05, 3.63) is 60.7 Å². The van der Waals surface area contributed by atoms with E-state index in [1.165, 1.54) is 62.4 Å². The predicted molar refractivity (Wildman–Crippen MR) is 106 cm³/mol. The molecule has 0 saturated carbocycles. The van der Waals surface area contributed by atoms with Crippen molar-refractivity contribution in [2.45, 2.75) is 34.6 Å². The minimum atomic E-state index is -4.45. The minimum Gasteiger partial charge on any atom is -0.465 e. The maximum atomic E-state index is 13.3. The third kappa shape index (κ3) is 4.66. The third-order valence-corrected chi connectivity index (χ3v) is 9.48. The van der Waals surface area contributed by atoms with Crippen molar-refractivity contribution < 1.29 is 26.4 Å². The van der Waals surface area contributed by atoms with Gasteiger partial charge in [-0.15, -0.1) is 0 Å². The molecule has 2 aromatic carbocycles. The van der Waals surface area contributed by atoms with Crippen molar-refractivity contribution in [3.63, 3.8) is 0 Å². The molecular formula is C20H21NO6S2. The summed E-state index contributed by atoms with van der Waals surface area (Å²) >= 11 is 0. The van der Waals surface area contributed by atoms with Crippen molar-refractivity contribution in [2.24, 2.45) is 5.41 Å². The number of sulfone groups is 2. The molecule has 0 aliphatic heterocycles. The van der Waals surface area contributed by atoms with Crippen LogP contribution in [0.25, 0.3) is 0 Å². The van der Waals surface area contributed by atoms with Crippen molar-refractivity contribution in [2.75, 3.05) is 6.61 Å². The number of rotatable bonds is 8. The summed E-state index contributed by atoms with van der Waals surface area (Å²) in [4.78, 5) is 11.9. The van der Waals surface area contributed by atoms with Gasteiger partial charge in [-0.3, -0.25) is 4.79 Å². The summed E-state index contributed by atoms with van der Waals surface area (Å²) in [5, 5.41) is 9.56. The fourth-order valence-corrected chi connectivity index (χ4v) is 7.49. The molecule has 0 amide bonds. The second-order valence-corrected chi connectivity index (χ2v) is 11.1. The van der Waals surface area contributed by atoms with Crippen LogP contribution in [0.15, 0.2) is 70.5 Å². The number of benzene rings is 2. The lowest BCUT2D eigenvalue weighted by Crippen LogP contribution is -2.39. The monoisotopic (exact) mass is 435 g/mol. The van der Waals surface area contributed by atoms with Gasteiger partial charge in [0, 0.05) is 6.42 Å². The van der Waals surface area contributed by atoms with Crippen LogP contribution < -0.4 is 0 Å². The van der Waals surface area contributed by atoms with Gasteiger partial charge in [0.25, 0.3) is 0 Å². The maximum absolute atomic E-state index is 13.3. The van der Waals surface area contributed by atoms with Crippen LogP contribution in [0.5, 0.6) is 0 Å². The van der Waals surface area contributed by atoms with Gasteiger partial charge in [0.1, 0.15) is 0 Å². The predicted octanol–water partition coefficient (Wildman–Crippen LogP) is 2.74. The summed E-state index contributed by atoms with van der Waals surface area (Å²) in [5.41, 5.74) is -1.97. The normalized spacial score (nSPS) is 14.0. The first-order valence-electron chi connectivity index (χ1n) is 8.76. The first kappa shape index (κ1) is 22.6. The molecule has 0 fully saturated rings. The average molecular weight is 436 g/mol. The van der Waals surface area contributed by atoms with Gasteiger partial charge in [-0.05, 0) is 38.1 Å². The van der Waals surface area contributed by atoms with E-state index in [-0.39, 0.29) is 16.4 Å². The second-order valence-electron chi connectivity index (χ2n) is 6.51. The smallest absolute Gasteiger partial charge is 0.326 e. The Bertz CT molecular complexity index is 1040. The first-order chi connectivity index (χ1) is 13.6. The van der Waals surface area contributed by atoms with E-state index < -0.39 is 42.1 Å². The molecule has 0 aliphatic rings. The molecule has 1 unspecified atom stereocenters. The molecule has 0 bridgehead atoms. The average Bonchev–Trinajstić information content (AvgIpc) is 2.73. The highest BCUT2D eigenvalue weighted by atomic mass is 32.3.